The maximum absolute atomic E-state index is 15.6. The second kappa shape index (κ2) is 12.5. The van der Waals surface area contributed by atoms with E-state index in [4.69, 9.17) is 19.6 Å². The fourth-order valence-electron chi connectivity index (χ4n) is 6.70. The van der Waals surface area contributed by atoms with Crippen LogP contribution in [0.2, 0.25) is 0 Å². The molecule has 6 rings (SSSR count). The first kappa shape index (κ1) is 33.3. The topological polar surface area (TPSA) is 116 Å². The number of esters is 1. The van der Waals surface area contributed by atoms with Gasteiger partial charge >= 0.3 is 5.97 Å². The quantitative estimate of drug-likeness (QED) is 0.195. The van der Waals surface area contributed by atoms with Gasteiger partial charge in [-0.2, -0.15) is 5.10 Å². The summed E-state index contributed by atoms with van der Waals surface area (Å²) < 4.78 is 70.9. The number of aryl methyl sites for hydroxylation is 2. The van der Waals surface area contributed by atoms with Crippen molar-refractivity contribution in [2.75, 3.05) is 18.6 Å². The SMILES string of the molecule is COC(=O)c1cccc(C2(C)CCCC(C)(C)CS(=O)(=O)CCc3c(c(F)cc4[nH]ccc34)Oc3ccc(F)c(c3)-c3nc2nn3C)c1. The summed E-state index contributed by atoms with van der Waals surface area (Å²) in [6.45, 7) is 5.80. The molecule has 1 N–H and O–H groups in total. The lowest BCUT2D eigenvalue weighted by Gasteiger charge is -2.30. The van der Waals surface area contributed by atoms with E-state index in [9.17, 15) is 13.2 Å². The number of methoxy groups -OCH3 is 1. The third-order valence-corrected chi connectivity index (χ3v) is 11.3. The number of nitrogens with one attached hydrogen (secondary N) is 1. The molecule has 0 saturated heterocycles. The number of nitrogens with zero attached hydrogens (tertiary/aromatic N) is 3. The summed E-state index contributed by atoms with van der Waals surface area (Å²) in [7, 11) is -0.612. The van der Waals surface area contributed by atoms with Gasteiger partial charge in [0.15, 0.2) is 33.1 Å². The number of ether oxygens (including phenoxy) is 2. The smallest absolute Gasteiger partial charge is 0.337 e. The molecular formula is C36H38F2N4O5S. The number of H-pyrrole nitrogens is 1. The number of carbonyl (C=O) groups excluding carboxylic acids is 1. The zero-order valence-electron chi connectivity index (χ0n) is 27.6. The molecule has 3 heterocycles. The second-order valence-corrected chi connectivity index (χ2v) is 15.7. The zero-order valence-corrected chi connectivity index (χ0v) is 28.4. The van der Waals surface area contributed by atoms with Crippen molar-refractivity contribution < 1.29 is 31.5 Å². The third kappa shape index (κ3) is 6.45. The summed E-state index contributed by atoms with van der Waals surface area (Å²) in [5.74, 6) is -1.37. The molecule has 12 heteroatoms. The maximum Gasteiger partial charge on any atom is 0.337 e. The summed E-state index contributed by atoms with van der Waals surface area (Å²) in [6.07, 6.45) is 3.36. The van der Waals surface area contributed by atoms with Crippen LogP contribution in [-0.4, -0.2) is 52.8 Å². The average molecular weight is 677 g/mol. The van der Waals surface area contributed by atoms with Gasteiger partial charge in [-0.05, 0) is 73.6 Å². The van der Waals surface area contributed by atoms with E-state index in [1.807, 2.05) is 26.8 Å². The summed E-state index contributed by atoms with van der Waals surface area (Å²) in [6, 6.07) is 14.1. The van der Waals surface area contributed by atoms with Crippen LogP contribution in [0.3, 0.4) is 0 Å². The number of fused-ring (bicyclic) bond motifs is 8. The number of benzene rings is 3. The molecule has 1 unspecified atom stereocenters. The maximum atomic E-state index is 15.6. The van der Waals surface area contributed by atoms with Gasteiger partial charge < -0.3 is 14.5 Å². The molecule has 0 spiro atoms. The minimum atomic E-state index is -3.59. The van der Waals surface area contributed by atoms with E-state index in [0.29, 0.717) is 47.1 Å². The molecule has 9 nitrogen and oxygen atoms in total. The van der Waals surface area contributed by atoms with Crippen molar-refractivity contribution in [1.29, 1.82) is 0 Å². The Kier molecular flexibility index (Phi) is 8.65. The van der Waals surface area contributed by atoms with Crippen LogP contribution in [0.15, 0.2) is 60.8 Å². The van der Waals surface area contributed by atoms with Crippen molar-refractivity contribution in [3.63, 3.8) is 0 Å². The van der Waals surface area contributed by atoms with Crippen molar-refractivity contribution in [3.8, 4) is 22.9 Å². The molecule has 4 bridgehead atoms. The number of hydrogen-bond donors (Lipinski definition) is 1. The molecule has 0 saturated carbocycles. The number of carbonyl (C=O) groups is 1. The fraction of sp³-hybridized carbons (Fsp3) is 0.361. The van der Waals surface area contributed by atoms with Gasteiger partial charge in [0, 0.05) is 35.8 Å². The number of halogens is 2. The summed E-state index contributed by atoms with van der Waals surface area (Å²) in [5, 5.41) is 5.39. The minimum Gasteiger partial charge on any atom is -0.465 e. The number of sulfone groups is 1. The van der Waals surface area contributed by atoms with Gasteiger partial charge in [0.2, 0.25) is 0 Å². The Morgan fingerprint density at radius 1 is 1.04 bits per heavy atom. The lowest BCUT2D eigenvalue weighted by molar-refractivity contribution is 0.0600. The Morgan fingerprint density at radius 3 is 2.60 bits per heavy atom. The van der Waals surface area contributed by atoms with Gasteiger partial charge in [0.1, 0.15) is 11.6 Å². The molecule has 1 aliphatic heterocycles. The third-order valence-electron chi connectivity index (χ3n) is 9.25. The largest absolute Gasteiger partial charge is 0.465 e. The number of hydrogen-bond acceptors (Lipinski definition) is 7. The first-order chi connectivity index (χ1) is 22.7. The standard InChI is InChI=1S/C36H38F2N4O5S/c1-35(2)14-7-15-36(3,23-9-6-8-22(18-23)33(43)46-5)34-40-32(42(4)41-34)27-19-24(10-11-28(27)37)47-31-26(13-17-48(44,45)21-35)25-12-16-39-30(25)20-29(31)38/h6,8-12,16,18-20,39H,7,13-15,17,21H2,1-5H3. The van der Waals surface area contributed by atoms with E-state index in [0.717, 1.165) is 5.56 Å². The molecule has 48 heavy (non-hydrogen) atoms. The second-order valence-electron chi connectivity index (χ2n) is 13.5. The van der Waals surface area contributed by atoms with Crippen molar-refractivity contribution in [2.24, 2.45) is 12.5 Å². The summed E-state index contributed by atoms with van der Waals surface area (Å²) in [4.78, 5) is 20.3. The summed E-state index contributed by atoms with van der Waals surface area (Å²) in [5.41, 5.74) is 0.685. The van der Waals surface area contributed by atoms with Gasteiger partial charge in [-0.3, -0.25) is 0 Å². The van der Waals surface area contributed by atoms with Crippen LogP contribution in [0.25, 0.3) is 22.3 Å². The Bertz CT molecular complexity index is 2140. The number of rotatable bonds is 2. The average Bonchev–Trinajstić information content (AvgIpc) is 3.66. The van der Waals surface area contributed by atoms with Crippen LogP contribution < -0.4 is 4.74 Å². The summed E-state index contributed by atoms with van der Waals surface area (Å²) >= 11 is 0. The molecule has 1 atom stereocenters. The molecule has 0 aliphatic carbocycles. The van der Waals surface area contributed by atoms with Crippen LogP contribution in [0.4, 0.5) is 8.78 Å². The first-order valence-corrected chi connectivity index (χ1v) is 17.6. The molecule has 1 aliphatic rings. The van der Waals surface area contributed by atoms with Gasteiger partial charge in [-0.25, -0.2) is 31.7 Å². The number of aromatic nitrogens is 4. The van der Waals surface area contributed by atoms with Gasteiger partial charge in [0.25, 0.3) is 0 Å². The molecular weight excluding hydrogens is 638 g/mol. The van der Waals surface area contributed by atoms with E-state index < -0.39 is 38.3 Å². The van der Waals surface area contributed by atoms with E-state index in [2.05, 4.69) is 4.98 Å². The highest BCUT2D eigenvalue weighted by Gasteiger charge is 2.36. The monoisotopic (exact) mass is 676 g/mol. The van der Waals surface area contributed by atoms with E-state index in [-0.39, 0.29) is 40.8 Å². The lowest BCUT2D eigenvalue weighted by Crippen LogP contribution is -2.29. The number of aromatic amines is 1. The highest BCUT2D eigenvalue weighted by atomic mass is 32.2. The van der Waals surface area contributed by atoms with Crippen molar-refractivity contribution in [1.82, 2.24) is 19.7 Å². The Morgan fingerprint density at radius 2 is 1.83 bits per heavy atom. The molecule has 0 fully saturated rings. The van der Waals surface area contributed by atoms with Crippen molar-refractivity contribution in [2.45, 2.75) is 51.9 Å². The van der Waals surface area contributed by atoms with E-state index >= 15 is 8.78 Å². The lowest BCUT2D eigenvalue weighted by atomic mass is 9.75. The minimum absolute atomic E-state index is 0.0230. The zero-order chi connectivity index (χ0) is 34.4. The fourth-order valence-corrected chi connectivity index (χ4v) is 8.70. The van der Waals surface area contributed by atoms with E-state index in [1.165, 1.54) is 36.1 Å². The van der Waals surface area contributed by atoms with Crippen molar-refractivity contribution >= 4 is 26.7 Å². The highest BCUT2D eigenvalue weighted by Crippen LogP contribution is 2.41. The predicted molar refractivity (Wildman–Crippen MR) is 179 cm³/mol. The molecule has 5 aromatic rings. The predicted octanol–water partition coefficient (Wildman–Crippen LogP) is 7.29. The molecule has 0 radical (unpaired) electrons. The molecule has 252 valence electrons. The van der Waals surface area contributed by atoms with Crippen LogP contribution in [0.1, 0.15) is 67.3 Å². The molecule has 0 amide bonds. The van der Waals surface area contributed by atoms with Gasteiger partial charge in [-0.15, -0.1) is 0 Å². The normalized spacial score (nSPS) is 19.5. The molecule has 2 aromatic heterocycles. The molecule has 3 aromatic carbocycles. The highest BCUT2D eigenvalue weighted by molar-refractivity contribution is 7.91. The Hall–Kier alpha value is -4.58. The van der Waals surface area contributed by atoms with Crippen LogP contribution in [-0.2, 0) is 33.5 Å². The first-order valence-electron chi connectivity index (χ1n) is 15.8. The van der Waals surface area contributed by atoms with Crippen LogP contribution >= 0.6 is 0 Å². The van der Waals surface area contributed by atoms with Gasteiger partial charge in [0.05, 0.1) is 35.2 Å². The van der Waals surface area contributed by atoms with E-state index in [1.54, 1.807) is 37.5 Å². The van der Waals surface area contributed by atoms with Crippen LogP contribution in [0.5, 0.6) is 11.5 Å². The Labute approximate surface area is 278 Å². The van der Waals surface area contributed by atoms with Crippen LogP contribution in [0, 0.1) is 17.0 Å². The van der Waals surface area contributed by atoms with Crippen molar-refractivity contribution in [3.05, 3.63) is 94.9 Å². The van der Waals surface area contributed by atoms with Gasteiger partial charge in [-0.1, -0.05) is 32.4 Å². The Balaban J connectivity index is 1.52.